The van der Waals surface area contributed by atoms with Crippen molar-refractivity contribution in [2.24, 2.45) is 0 Å². The van der Waals surface area contributed by atoms with E-state index in [0.717, 1.165) is 19.3 Å². The lowest BCUT2D eigenvalue weighted by molar-refractivity contribution is 0.0926. The van der Waals surface area contributed by atoms with Gasteiger partial charge >= 0.3 is 0 Å². The topological polar surface area (TPSA) is 49.4 Å². The van der Waals surface area contributed by atoms with Crippen molar-refractivity contribution < 1.29 is 9.59 Å². The van der Waals surface area contributed by atoms with Gasteiger partial charge in [0.05, 0.1) is 16.8 Å². The molecule has 4 nitrogen and oxygen atoms in total. The SMILES string of the molecule is C[C@@H](NC1CCc2cc(N3C(=O)c4ccccc4C3=O)ccc2C1)c1ccccc1. The lowest BCUT2D eigenvalue weighted by Crippen LogP contribution is -2.36. The van der Waals surface area contributed by atoms with Crippen LogP contribution in [0.15, 0.2) is 72.8 Å². The molecule has 30 heavy (non-hydrogen) atoms. The van der Waals surface area contributed by atoms with E-state index < -0.39 is 0 Å². The second kappa shape index (κ2) is 7.54. The first-order chi connectivity index (χ1) is 14.6. The fourth-order valence-electron chi connectivity index (χ4n) is 4.64. The van der Waals surface area contributed by atoms with Crippen LogP contribution in [0, 0.1) is 0 Å². The predicted octanol–water partition coefficient (Wildman–Crippen LogP) is 4.70. The Morgan fingerprint density at radius 3 is 2.23 bits per heavy atom. The number of hydrogen-bond donors (Lipinski definition) is 1. The number of benzene rings is 3. The van der Waals surface area contributed by atoms with Crippen LogP contribution in [-0.4, -0.2) is 17.9 Å². The Kier molecular flexibility index (Phi) is 4.72. The molecule has 0 radical (unpaired) electrons. The van der Waals surface area contributed by atoms with E-state index >= 15 is 0 Å². The highest BCUT2D eigenvalue weighted by molar-refractivity contribution is 6.34. The van der Waals surface area contributed by atoms with Gasteiger partial charge in [-0.3, -0.25) is 9.59 Å². The second-order valence-electron chi connectivity index (χ2n) is 8.18. The fourth-order valence-corrected chi connectivity index (χ4v) is 4.64. The number of carbonyl (C=O) groups excluding carboxylic acids is 2. The second-order valence-corrected chi connectivity index (χ2v) is 8.18. The van der Waals surface area contributed by atoms with Crippen molar-refractivity contribution in [3.63, 3.8) is 0 Å². The molecule has 1 unspecified atom stereocenters. The van der Waals surface area contributed by atoms with Gasteiger partial charge in [0, 0.05) is 12.1 Å². The molecule has 0 fully saturated rings. The van der Waals surface area contributed by atoms with Gasteiger partial charge in [0.25, 0.3) is 11.8 Å². The lowest BCUT2D eigenvalue weighted by atomic mass is 9.87. The standard InChI is InChI=1S/C26H24N2O2/c1-17(18-7-3-2-4-8-18)27-21-13-11-20-16-22(14-12-19(20)15-21)28-25(29)23-9-5-6-10-24(23)26(28)30/h2-10,12,14,16-17,21,27H,11,13,15H2,1H3/t17-,21?/m1/s1. The van der Waals surface area contributed by atoms with Gasteiger partial charge in [-0.2, -0.15) is 0 Å². The minimum atomic E-state index is -0.234. The number of nitrogens with zero attached hydrogens (tertiary/aromatic N) is 1. The molecule has 4 heteroatoms. The summed E-state index contributed by atoms with van der Waals surface area (Å²) >= 11 is 0. The summed E-state index contributed by atoms with van der Waals surface area (Å²) in [6.45, 7) is 2.20. The van der Waals surface area contributed by atoms with Crippen molar-refractivity contribution >= 4 is 17.5 Å². The number of carbonyl (C=O) groups is 2. The summed E-state index contributed by atoms with van der Waals surface area (Å²) < 4.78 is 0. The van der Waals surface area contributed by atoms with Crippen molar-refractivity contribution in [1.82, 2.24) is 5.32 Å². The fraction of sp³-hybridized carbons (Fsp3) is 0.231. The molecule has 1 aliphatic heterocycles. The molecule has 150 valence electrons. The highest BCUT2D eigenvalue weighted by atomic mass is 16.2. The number of fused-ring (bicyclic) bond motifs is 2. The average molecular weight is 396 g/mol. The van der Waals surface area contributed by atoms with Crippen LogP contribution in [0.4, 0.5) is 5.69 Å². The molecule has 0 saturated heterocycles. The summed E-state index contributed by atoms with van der Waals surface area (Å²) in [5.41, 5.74) is 5.46. The molecule has 0 bridgehead atoms. The maximum Gasteiger partial charge on any atom is 0.266 e. The minimum Gasteiger partial charge on any atom is -0.307 e. The third-order valence-corrected chi connectivity index (χ3v) is 6.26. The Hall–Kier alpha value is -3.24. The molecule has 2 aliphatic rings. The molecule has 0 spiro atoms. The lowest BCUT2D eigenvalue weighted by Gasteiger charge is -2.29. The minimum absolute atomic E-state index is 0.234. The Morgan fingerprint density at radius 2 is 1.53 bits per heavy atom. The van der Waals surface area contributed by atoms with Crippen LogP contribution in [0.1, 0.15) is 56.8 Å². The Bertz CT molecular complexity index is 1090. The molecule has 0 aromatic heterocycles. The van der Waals surface area contributed by atoms with Gasteiger partial charge in [-0.1, -0.05) is 48.5 Å². The molecule has 2 atom stereocenters. The zero-order chi connectivity index (χ0) is 20.7. The molecule has 1 N–H and O–H groups in total. The van der Waals surface area contributed by atoms with Gasteiger partial charge in [0.2, 0.25) is 0 Å². The highest BCUT2D eigenvalue weighted by Crippen LogP contribution is 2.32. The number of imide groups is 1. The number of nitrogens with one attached hydrogen (secondary N) is 1. The van der Waals surface area contributed by atoms with Crippen LogP contribution >= 0.6 is 0 Å². The molecule has 0 saturated carbocycles. The summed E-state index contributed by atoms with van der Waals surface area (Å²) in [6, 6.07) is 24.3. The average Bonchev–Trinajstić information content (AvgIpc) is 3.04. The number of aryl methyl sites for hydroxylation is 1. The monoisotopic (exact) mass is 396 g/mol. The third kappa shape index (κ3) is 3.23. The molecule has 3 aromatic carbocycles. The van der Waals surface area contributed by atoms with Crippen LogP contribution in [-0.2, 0) is 12.8 Å². The zero-order valence-electron chi connectivity index (χ0n) is 17.0. The van der Waals surface area contributed by atoms with Gasteiger partial charge in [-0.15, -0.1) is 0 Å². The van der Waals surface area contributed by atoms with Crippen molar-refractivity contribution in [1.29, 1.82) is 0 Å². The van der Waals surface area contributed by atoms with Crippen LogP contribution in [0.3, 0.4) is 0 Å². The maximum absolute atomic E-state index is 12.8. The van der Waals surface area contributed by atoms with Crippen LogP contribution in [0.25, 0.3) is 0 Å². The first-order valence-electron chi connectivity index (χ1n) is 10.5. The summed E-state index contributed by atoms with van der Waals surface area (Å²) in [7, 11) is 0. The highest BCUT2D eigenvalue weighted by Gasteiger charge is 2.36. The third-order valence-electron chi connectivity index (χ3n) is 6.26. The molecule has 1 aliphatic carbocycles. The van der Waals surface area contributed by atoms with Crippen molar-refractivity contribution in [3.8, 4) is 0 Å². The first-order valence-corrected chi connectivity index (χ1v) is 10.5. The van der Waals surface area contributed by atoms with E-state index in [-0.39, 0.29) is 11.8 Å². The Labute approximate surface area is 176 Å². The quantitative estimate of drug-likeness (QED) is 0.651. The van der Waals surface area contributed by atoms with Crippen molar-refractivity contribution in [2.75, 3.05) is 4.90 Å². The van der Waals surface area contributed by atoms with Gasteiger partial charge in [-0.25, -0.2) is 4.90 Å². The predicted molar refractivity (Wildman–Crippen MR) is 118 cm³/mol. The maximum atomic E-state index is 12.8. The largest absolute Gasteiger partial charge is 0.307 e. The molecule has 1 heterocycles. The van der Waals surface area contributed by atoms with Gasteiger partial charge in [0.15, 0.2) is 0 Å². The normalized spacial score (nSPS) is 18.8. The molecule has 2 amide bonds. The van der Waals surface area contributed by atoms with E-state index in [0.29, 0.717) is 28.9 Å². The van der Waals surface area contributed by atoms with E-state index in [4.69, 9.17) is 0 Å². The van der Waals surface area contributed by atoms with Gasteiger partial charge in [-0.05, 0) is 67.1 Å². The smallest absolute Gasteiger partial charge is 0.266 e. The van der Waals surface area contributed by atoms with E-state index in [1.165, 1.54) is 21.6 Å². The molecular weight excluding hydrogens is 372 g/mol. The number of hydrogen-bond acceptors (Lipinski definition) is 3. The van der Waals surface area contributed by atoms with Crippen LogP contribution in [0.2, 0.25) is 0 Å². The summed E-state index contributed by atoms with van der Waals surface area (Å²) in [5.74, 6) is -0.467. The van der Waals surface area contributed by atoms with Crippen LogP contribution in [0.5, 0.6) is 0 Å². The van der Waals surface area contributed by atoms with Crippen molar-refractivity contribution in [2.45, 2.75) is 38.3 Å². The van der Waals surface area contributed by atoms with Gasteiger partial charge < -0.3 is 5.32 Å². The zero-order valence-corrected chi connectivity index (χ0v) is 17.0. The van der Waals surface area contributed by atoms with E-state index in [1.54, 1.807) is 24.3 Å². The molecule has 3 aromatic rings. The summed E-state index contributed by atoms with van der Waals surface area (Å²) in [5, 5.41) is 3.75. The molecular formula is C26H24N2O2. The number of amides is 2. The summed E-state index contributed by atoms with van der Waals surface area (Å²) in [6.07, 6.45) is 2.93. The Balaban J connectivity index is 1.33. The number of anilines is 1. The van der Waals surface area contributed by atoms with Crippen molar-refractivity contribution in [3.05, 3.63) is 101 Å². The van der Waals surface area contributed by atoms with E-state index in [2.05, 4.69) is 42.6 Å². The Morgan fingerprint density at radius 1 is 0.867 bits per heavy atom. The first kappa shape index (κ1) is 18.8. The molecule has 5 rings (SSSR count). The van der Waals surface area contributed by atoms with E-state index in [1.807, 2.05) is 18.2 Å². The van der Waals surface area contributed by atoms with Crippen LogP contribution < -0.4 is 10.2 Å². The summed E-state index contributed by atoms with van der Waals surface area (Å²) in [4.78, 5) is 26.9. The van der Waals surface area contributed by atoms with E-state index in [9.17, 15) is 9.59 Å². The van der Waals surface area contributed by atoms with Gasteiger partial charge in [0.1, 0.15) is 0 Å². The number of rotatable bonds is 4.